The number of hydrogen-bond donors (Lipinski definition) is 1. The van der Waals surface area contributed by atoms with Gasteiger partial charge in [0.25, 0.3) is 0 Å². The molecule has 0 aliphatic carbocycles. The fourth-order valence-electron chi connectivity index (χ4n) is 2.10. The molecule has 0 radical (unpaired) electrons. The molecule has 1 amide bonds. The zero-order valence-electron chi connectivity index (χ0n) is 12.9. The molecule has 1 heterocycles. The second-order valence-corrected chi connectivity index (χ2v) is 6.65. The van der Waals surface area contributed by atoms with E-state index in [4.69, 9.17) is 11.6 Å². The van der Waals surface area contributed by atoms with Crippen LogP contribution >= 0.6 is 35.3 Å². The number of carbonyl (C=O) groups is 1. The Morgan fingerprint density at radius 3 is 2.36 bits per heavy atom. The molecule has 0 saturated heterocycles. The molecule has 0 fully saturated rings. The molecule has 0 bridgehead atoms. The van der Waals surface area contributed by atoms with Gasteiger partial charge in [-0.3, -0.25) is 4.79 Å². The molecule has 0 unspecified atom stereocenters. The van der Waals surface area contributed by atoms with E-state index in [1.54, 1.807) is 12.1 Å². The minimum atomic E-state index is -0.324. The molecule has 3 rings (SSSR count). The molecular formula is C17H14Cl2FN3OS. The lowest BCUT2D eigenvalue weighted by molar-refractivity contribution is -0.115. The highest BCUT2D eigenvalue weighted by Gasteiger charge is 2.09. The minimum absolute atomic E-state index is 0. The van der Waals surface area contributed by atoms with E-state index in [1.807, 2.05) is 24.3 Å². The summed E-state index contributed by atoms with van der Waals surface area (Å²) >= 11 is 7.18. The third kappa shape index (κ3) is 5.77. The van der Waals surface area contributed by atoms with Gasteiger partial charge in [-0.15, -0.1) is 22.6 Å². The summed E-state index contributed by atoms with van der Waals surface area (Å²) in [6, 6.07) is 13.3. The number of benzene rings is 2. The molecule has 0 aliphatic rings. The maximum Gasteiger partial charge on any atom is 0.230 e. The molecule has 0 spiro atoms. The highest BCUT2D eigenvalue weighted by atomic mass is 35.5. The van der Waals surface area contributed by atoms with Crippen LogP contribution in [0.25, 0.3) is 0 Å². The molecule has 0 atom stereocenters. The van der Waals surface area contributed by atoms with Gasteiger partial charge in [-0.2, -0.15) is 0 Å². The van der Waals surface area contributed by atoms with Gasteiger partial charge in [0.2, 0.25) is 11.0 Å². The summed E-state index contributed by atoms with van der Waals surface area (Å²) < 4.78 is 12.9. The molecule has 3 aromatic rings. The molecule has 4 nitrogen and oxygen atoms in total. The van der Waals surface area contributed by atoms with Crippen molar-refractivity contribution < 1.29 is 9.18 Å². The molecular weight excluding hydrogens is 384 g/mol. The van der Waals surface area contributed by atoms with Crippen molar-refractivity contribution in [3.8, 4) is 0 Å². The van der Waals surface area contributed by atoms with Gasteiger partial charge in [0.15, 0.2) is 0 Å². The SMILES string of the molecule is Cl.O=C(Cc1ccc(F)cc1)Nc1nnc(Cc2ccc(Cl)cc2)s1. The summed E-state index contributed by atoms with van der Waals surface area (Å²) in [6.45, 7) is 0. The standard InChI is InChI=1S/C17H13ClFN3OS.ClH/c18-13-5-1-12(2-6-13)10-16-21-22-17(24-16)20-15(23)9-11-3-7-14(19)8-4-11;/h1-8H,9-10H2,(H,20,22,23);1H. The zero-order chi connectivity index (χ0) is 16.9. The summed E-state index contributed by atoms with van der Waals surface area (Å²) in [6.07, 6.45) is 0.787. The van der Waals surface area contributed by atoms with Crippen LogP contribution in [0.5, 0.6) is 0 Å². The quantitative estimate of drug-likeness (QED) is 0.688. The second kappa shape index (κ2) is 8.89. The topological polar surface area (TPSA) is 54.9 Å². The minimum Gasteiger partial charge on any atom is -0.300 e. The Bertz CT molecular complexity index is 838. The van der Waals surface area contributed by atoms with E-state index in [0.29, 0.717) is 16.6 Å². The lowest BCUT2D eigenvalue weighted by Crippen LogP contribution is -2.14. The predicted molar refractivity (Wildman–Crippen MR) is 100 cm³/mol. The number of aromatic nitrogens is 2. The van der Waals surface area contributed by atoms with E-state index in [1.165, 1.54) is 23.5 Å². The Morgan fingerprint density at radius 2 is 1.68 bits per heavy atom. The van der Waals surface area contributed by atoms with Crippen molar-refractivity contribution in [2.75, 3.05) is 5.32 Å². The number of nitrogens with one attached hydrogen (secondary N) is 1. The predicted octanol–water partition coefficient (Wildman–Crippen LogP) is 4.52. The molecule has 130 valence electrons. The summed E-state index contributed by atoms with van der Waals surface area (Å²) in [5, 5.41) is 12.7. The van der Waals surface area contributed by atoms with Crippen LogP contribution in [0.2, 0.25) is 5.02 Å². The van der Waals surface area contributed by atoms with Crippen molar-refractivity contribution in [2.45, 2.75) is 12.8 Å². The summed E-state index contributed by atoms with van der Waals surface area (Å²) in [5.74, 6) is -0.536. The van der Waals surface area contributed by atoms with E-state index in [9.17, 15) is 9.18 Å². The molecule has 0 aliphatic heterocycles. The van der Waals surface area contributed by atoms with Gasteiger partial charge in [-0.25, -0.2) is 4.39 Å². The van der Waals surface area contributed by atoms with Crippen molar-refractivity contribution in [3.63, 3.8) is 0 Å². The first kappa shape index (κ1) is 19.3. The number of carbonyl (C=O) groups excluding carboxylic acids is 1. The van der Waals surface area contributed by atoms with Crippen molar-refractivity contribution >= 4 is 46.4 Å². The van der Waals surface area contributed by atoms with Crippen molar-refractivity contribution in [1.82, 2.24) is 10.2 Å². The fraction of sp³-hybridized carbons (Fsp3) is 0.118. The van der Waals surface area contributed by atoms with Crippen LogP contribution in [0, 0.1) is 5.82 Å². The van der Waals surface area contributed by atoms with Gasteiger partial charge in [-0.1, -0.05) is 47.2 Å². The van der Waals surface area contributed by atoms with Crippen LogP contribution in [0.15, 0.2) is 48.5 Å². The Kier molecular flexibility index (Phi) is 6.87. The van der Waals surface area contributed by atoms with Gasteiger partial charge >= 0.3 is 0 Å². The van der Waals surface area contributed by atoms with Crippen LogP contribution in [-0.2, 0) is 17.6 Å². The van der Waals surface area contributed by atoms with Gasteiger partial charge in [0.05, 0.1) is 6.42 Å². The normalized spacial score (nSPS) is 10.2. The van der Waals surface area contributed by atoms with E-state index in [0.717, 1.165) is 16.1 Å². The molecule has 1 aromatic heterocycles. The fourth-order valence-corrected chi connectivity index (χ4v) is 3.02. The zero-order valence-corrected chi connectivity index (χ0v) is 15.3. The van der Waals surface area contributed by atoms with Crippen LogP contribution in [0.4, 0.5) is 9.52 Å². The molecule has 1 N–H and O–H groups in total. The Hall–Kier alpha value is -2.02. The average Bonchev–Trinajstić information content (AvgIpc) is 2.99. The Labute approximate surface area is 159 Å². The van der Waals surface area contributed by atoms with E-state index >= 15 is 0 Å². The molecule has 0 saturated carbocycles. The first-order valence-electron chi connectivity index (χ1n) is 7.19. The van der Waals surface area contributed by atoms with Crippen molar-refractivity contribution in [3.05, 3.63) is 75.5 Å². The largest absolute Gasteiger partial charge is 0.300 e. The average molecular weight is 398 g/mol. The van der Waals surface area contributed by atoms with Crippen molar-refractivity contribution in [1.29, 1.82) is 0 Å². The lowest BCUT2D eigenvalue weighted by atomic mass is 10.1. The van der Waals surface area contributed by atoms with Gasteiger partial charge in [-0.05, 0) is 35.4 Å². The number of rotatable bonds is 5. The van der Waals surface area contributed by atoms with E-state index in [-0.39, 0.29) is 30.6 Å². The van der Waals surface area contributed by atoms with Crippen molar-refractivity contribution in [2.24, 2.45) is 0 Å². The molecule has 25 heavy (non-hydrogen) atoms. The summed E-state index contributed by atoms with van der Waals surface area (Å²) in [5.41, 5.74) is 1.81. The smallest absolute Gasteiger partial charge is 0.230 e. The first-order chi connectivity index (χ1) is 11.6. The summed E-state index contributed by atoms with van der Waals surface area (Å²) in [7, 11) is 0. The third-order valence-corrected chi connectivity index (χ3v) is 4.35. The molecule has 8 heteroatoms. The summed E-state index contributed by atoms with van der Waals surface area (Å²) in [4.78, 5) is 12.0. The highest BCUT2D eigenvalue weighted by Crippen LogP contribution is 2.20. The Morgan fingerprint density at radius 1 is 1.04 bits per heavy atom. The number of anilines is 1. The van der Waals surface area contributed by atoms with Crippen LogP contribution < -0.4 is 5.32 Å². The van der Waals surface area contributed by atoms with Gasteiger partial charge in [0.1, 0.15) is 10.8 Å². The molecule has 2 aromatic carbocycles. The number of hydrogen-bond acceptors (Lipinski definition) is 4. The first-order valence-corrected chi connectivity index (χ1v) is 8.39. The van der Waals surface area contributed by atoms with Crippen LogP contribution in [0.3, 0.4) is 0 Å². The maximum absolute atomic E-state index is 12.9. The van der Waals surface area contributed by atoms with E-state index < -0.39 is 0 Å². The van der Waals surface area contributed by atoms with Gasteiger partial charge < -0.3 is 5.32 Å². The van der Waals surface area contributed by atoms with Gasteiger partial charge in [0, 0.05) is 11.4 Å². The lowest BCUT2D eigenvalue weighted by Gasteiger charge is -2.01. The number of nitrogens with zero attached hydrogens (tertiary/aromatic N) is 2. The van der Waals surface area contributed by atoms with E-state index in [2.05, 4.69) is 15.5 Å². The third-order valence-electron chi connectivity index (χ3n) is 3.26. The van der Waals surface area contributed by atoms with Crippen LogP contribution in [0.1, 0.15) is 16.1 Å². The second-order valence-electron chi connectivity index (χ2n) is 5.16. The number of halogens is 3. The Balaban J connectivity index is 0.00000225. The number of amides is 1. The monoisotopic (exact) mass is 397 g/mol. The highest BCUT2D eigenvalue weighted by molar-refractivity contribution is 7.15. The maximum atomic E-state index is 12.9. The van der Waals surface area contributed by atoms with Crippen LogP contribution in [-0.4, -0.2) is 16.1 Å².